The topological polar surface area (TPSA) is 81.8 Å². The molecule has 0 aliphatic heterocycles. The SMILES string of the molecule is Nc1nnc(Sc2ccnc3ccccc23)s1.O=CCc1ccc(CF)cc1. The molecule has 8 heteroatoms. The van der Waals surface area contributed by atoms with Gasteiger partial charge < -0.3 is 10.5 Å². The molecule has 2 heterocycles. The molecule has 142 valence electrons. The van der Waals surface area contributed by atoms with Crippen LogP contribution >= 0.6 is 23.1 Å². The van der Waals surface area contributed by atoms with Gasteiger partial charge in [0.1, 0.15) is 13.0 Å². The van der Waals surface area contributed by atoms with Crippen molar-refractivity contribution < 1.29 is 9.18 Å². The van der Waals surface area contributed by atoms with Crippen LogP contribution in [0.25, 0.3) is 10.9 Å². The number of aldehydes is 1. The standard InChI is InChI=1S/C11H8N4S2.C9H9FO/c12-10-14-15-11(17-10)16-9-5-6-13-8-4-2-1-3-7(8)9;10-7-9-3-1-8(2-4-9)5-6-11/h1-6H,(H2,12,14);1-4,6H,5,7H2. The molecule has 0 fully saturated rings. The van der Waals surface area contributed by atoms with Gasteiger partial charge in [-0.05, 0) is 23.3 Å². The zero-order valence-corrected chi connectivity index (χ0v) is 16.4. The van der Waals surface area contributed by atoms with Crippen LogP contribution < -0.4 is 5.73 Å². The van der Waals surface area contributed by atoms with Gasteiger partial charge in [-0.15, -0.1) is 10.2 Å². The number of carbonyl (C=O) groups excluding carboxylic acids is 1. The maximum absolute atomic E-state index is 12.0. The molecule has 0 saturated carbocycles. The maximum Gasteiger partial charge on any atom is 0.203 e. The van der Waals surface area contributed by atoms with Crippen LogP contribution in [0.1, 0.15) is 11.1 Å². The van der Waals surface area contributed by atoms with E-state index in [1.54, 1.807) is 42.2 Å². The van der Waals surface area contributed by atoms with E-state index < -0.39 is 6.67 Å². The highest BCUT2D eigenvalue weighted by atomic mass is 32.2. The molecule has 0 radical (unpaired) electrons. The van der Waals surface area contributed by atoms with Crippen molar-refractivity contribution in [3.63, 3.8) is 0 Å². The van der Waals surface area contributed by atoms with Gasteiger partial charge >= 0.3 is 0 Å². The molecule has 0 aliphatic rings. The first-order valence-electron chi connectivity index (χ1n) is 8.37. The summed E-state index contributed by atoms with van der Waals surface area (Å²) < 4.78 is 12.8. The van der Waals surface area contributed by atoms with E-state index in [2.05, 4.69) is 21.2 Å². The Morgan fingerprint density at radius 1 is 1.04 bits per heavy atom. The third-order valence-corrected chi connectivity index (χ3v) is 5.60. The maximum atomic E-state index is 12.0. The molecule has 0 amide bonds. The summed E-state index contributed by atoms with van der Waals surface area (Å²) in [7, 11) is 0. The Kier molecular flexibility index (Phi) is 7.05. The van der Waals surface area contributed by atoms with Crippen molar-refractivity contribution in [2.45, 2.75) is 22.3 Å². The van der Waals surface area contributed by atoms with Crippen LogP contribution in [-0.2, 0) is 17.9 Å². The van der Waals surface area contributed by atoms with Crippen LogP contribution in [0.2, 0.25) is 0 Å². The summed E-state index contributed by atoms with van der Waals surface area (Å²) in [6.45, 7) is -0.443. The third kappa shape index (κ3) is 5.34. The average Bonchev–Trinajstić information content (AvgIpc) is 3.14. The van der Waals surface area contributed by atoms with Gasteiger partial charge in [-0.1, -0.05) is 65.6 Å². The lowest BCUT2D eigenvalue weighted by atomic mass is 10.1. The summed E-state index contributed by atoms with van der Waals surface area (Å²) in [4.78, 5) is 15.5. The number of carbonyl (C=O) groups is 1. The summed E-state index contributed by atoms with van der Waals surface area (Å²) in [6.07, 6.45) is 3.05. The summed E-state index contributed by atoms with van der Waals surface area (Å²) in [5.41, 5.74) is 8.13. The number of anilines is 1. The number of nitrogen functional groups attached to an aromatic ring is 1. The van der Waals surface area contributed by atoms with Crippen molar-refractivity contribution in [2.75, 3.05) is 5.73 Å². The molecule has 2 aromatic carbocycles. The molecule has 28 heavy (non-hydrogen) atoms. The third-order valence-electron chi connectivity index (χ3n) is 3.72. The Morgan fingerprint density at radius 3 is 2.46 bits per heavy atom. The monoisotopic (exact) mass is 412 g/mol. The van der Waals surface area contributed by atoms with Crippen molar-refractivity contribution in [3.05, 3.63) is 71.9 Å². The number of aromatic nitrogens is 3. The van der Waals surface area contributed by atoms with Gasteiger partial charge in [0.05, 0.1) is 5.52 Å². The first-order valence-corrected chi connectivity index (χ1v) is 10.0. The Morgan fingerprint density at radius 2 is 1.79 bits per heavy atom. The number of para-hydroxylation sites is 1. The second-order valence-electron chi connectivity index (χ2n) is 5.66. The minimum absolute atomic E-state index is 0.409. The van der Waals surface area contributed by atoms with Crippen molar-refractivity contribution in [2.24, 2.45) is 0 Å². The van der Waals surface area contributed by atoms with Gasteiger partial charge in [0.2, 0.25) is 5.13 Å². The number of nitrogens with zero attached hydrogens (tertiary/aromatic N) is 3. The molecule has 0 unspecified atom stereocenters. The van der Waals surface area contributed by atoms with Crippen LogP contribution in [0.4, 0.5) is 9.52 Å². The summed E-state index contributed by atoms with van der Waals surface area (Å²) in [5, 5.41) is 9.42. The molecule has 4 aromatic rings. The molecule has 0 aliphatic carbocycles. The molecular weight excluding hydrogens is 395 g/mol. The Balaban J connectivity index is 0.000000178. The fourth-order valence-corrected chi connectivity index (χ4v) is 4.09. The number of hydrogen-bond acceptors (Lipinski definition) is 7. The number of hydrogen-bond donors (Lipinski definition) is 1. The second kappa shape index (κ2) is 9.91. The van der Waals surface area contributed by atoms with Crippen molar-refractivity contribution in [1.82, 2.24) is 15.2 Å². The number of pyridine rings is 1. The molecule has 0 spiro atoms. The number of rotatable bonds is 5. The smallest absolute Gasteiger partial charge is 0.203 e. The number of nitrogens with two attached hydrogens (primary N) is 1. The van der Waals surface area contributed by atoms with Gasteiger partial charge in [-0.25, -0.2) is 4.39 Å². The lowest BCUT2D eigenvalue weighted by molar-refractivity contribution is -0.107. The highest BCUT2D eigenvalue weighted by Crippen LogP contribution is 2.34. The Bertz CT molecular complexity index is 1050. The lowest BCUT2D eigenvalue weighted by Crippen LogP contribution is -1.85. The quantitative estimate of drug-likeness (QED) is 0.478. The van der Waals surface area contributed by atoms with Gasteiger partial charge in [0, 0.05) is 22.9 Å². The van der Waals surface area contributed by atoms with E-state index in [4.69, 9.17) is 5.73 Å². The van der Waals surface area contributed by atoms with Crippen LogP contribution in [0.5, 0.6) is 0 Å². The highest BCUT2D eigenvalue weighted by molar-refractivity contribution is 8.01. The first kappa shape index (κ1) is 19.9. The van der Waals surface area contributed by atoms with Crippen molar-refractivity contribution in [1.29, 1.82) is 0 Å². The summed E-state index contributed by atoms with van der Waals surface area (Å²) in [6, 6.07) is 16.9. The normalized spacial score (nSPS) is 10.3. The molecular formula is C20H17FN4OS2. The van der Waals surface area contributed by atoms with E-state index in [-0.39, 0.29) is 0 Å². The Labute approximate surface area is 169 Å². The van der Waals surface area contributed by atoms with Gasteiger partial charge in [-0.2, -0.15) is 0 Å². The van der Waals surface area contributed by atoms with Crippen LogP contribution in [-0.4, -0.2) is 21.5 Å². The van der Waals surface area contributed by atoms with Gasteiger partial charge in [0.15, 0.2) is 4.34 Å². The highest BCUT2D eigenvalue weighted by Gasteiger charge is 2.07. The minimum Gasteiger partial charge on any atom is -0.374 e. The predicted molar refractivity (Wildman–Crippen MR) is 111 cm³/mol. The zero-order valence-electron chi connectivity index (χ0n) is 14.8. The molecule has 0 bridgehead atoms. The van der Waals surface area contributed by atoms with Gasteiger partial charge in [0.25, 0.3) is 0 Å². The fourth-order valence-electron chi connectivity index (χ4n) is 2.37. The molecule has 4 rings (SSSR count). The first-order chi connectivity index (χ1) is 13.7. The average molecular weight is 413 g/mol. The number of benzene rings is 2. The Hall–Kier alpha value is -2.84. The molecule has 2 N–H and O–H groups in total. The van der Waals surface area contributed by atoms with E-state index >= 15 is 0 Å². The number of alkyl halides is 1. The molecule has 2 aromatic heterocycles. The fraction of sp³-hybridized carbons (Fsp3) is 0.100. The minimum atomic E-state index is -0.443. The predicted octanol–water partition coefficient (Wildman–Crippen LogP) is 4.72. The van der Waals surface area contributed by atoms with Gasteiger partial charge in [-0.3, -0.25) is 4.98 Å². The second-order valence-corrected chi connectivity index (χ2v) is 7.95. The summed E-state index contributed by atoms with van der Waals surface area (Å²) in [5.74, 6) is 0. The van der Waals surface area contributed by atoms with Crippen LogP contribution in [0.3, 0.4) is 0 Å². The van der Waals surface area contributed by atoms with Crippen molar-refractivity contribution >= 4 is 45.4 Å². The molecule has 0 atom stereocenters. The van der Waals surface area contributed by atoms with E-state index in [1.165, 1.54) is 11.3 Å². The zero-order chi connectivity index (χ0) is 19.8. The van der Waals surface area contributed by atoms with Crippen molar-refractivity contribution in [3.8, 4) is 0 Å². The number of halogens is 1. The number of fused-ring (bicyclic) bond motifs is 1. The van der Waals surface area contributed by atoms with Crippen LogP contribution in [0, 0.1) is 0 Å². The van der Waals surface area contributed by atoms with E-state index in [1.807, 2.05) is 24.3 Å². The summed E-state index contributed by atoms with van der Waals surface area (Å²) >= 11 is 2.95. The van der Waals surface area contributed by atoms with E-state index in [0.29, 0.717) is 17.1 Å². The van der Waals surface area contributed by atoms with Crippen LogP contribution in [0.15, 0.2) is 70.0 Å². The largest absolute Gasteiger partial charge is 0.374 e. The molecule has 5 nitrogen and oxygen atoms in total. The molecule has 0 saturated heterocycles. The lowest BCUT2D eigenvalue weighted by Gasteiger charge is -2.02. The van der Waals surface area contributed by atoms with E-state index in [9.17, 15) is 9.18 Å². The van der Waals surface area contributed by atoms with E-state index in [0.717, 1.165) is 32.0 Å².